The molecule has 0 saturated carbocycles. The highest BCUT2D eigenvalue weighted by atomic mass is 16.5. The standard InChI is InChI=1S/C11H22N4O5/c1-8(15-19)13-6-3-2-4-9(10(16)17)14-11(18)20-7-5-12/h9,19H,2-7,12H2,1H3,(H,13,15)(H,14,18)(H,16,17)/t9-/m0/s1. The van der Waals surface area contributed by atoms with Crippen molar-refractivity contribution in [1.29, 1.82) is 0 Å². The van der Waals surface area contributed by atoms with E-state index in [1.807, 2.05) is 0 Å². The third-order valence-electron chi connectivity index (χ3n) is 2.39. The van der Waals surface area contributed by atoms with Gasteiger partial charge in [-0.25, -0.2) is 9.59 Å². The van der Waals surface area contributed by atoms with Gasteiger partial charge in [0.25, 0.3) is 0 Å². The Hall–Kier alpha value is -2.03. The van der Waals surface area contributed by atoms with Crippen molar-refractivity contribution < 1.29 is 24.6 Å². The molecule has 0 spiro atoms. The van der Waals surface area contributed by atoms with E-state index in [-0.39, 0.29) is 19.6 Å². The first-order valence-corrected chi connectivity index (χ1v) is 6.30. The smallest absolute Gasteiger partial charge is 0.407 e. The zero-order valence-electron chi connectivity index (χ0n) is 11.5. The molecule has 0 rings (SSSR count). The Labute approximate surface area is 117 Å². The number of nitrogens with zero attached hydrogens (tertiary/aromatic N) is 1. The lowest BCUT2D eigenvalue weighted by Gasteiger charge is -2.14. The lowest BCUT2D eigenvalue weighted by atomic mass is 10.1. The van der Waals surface area contributed by atoms with Gasteiger partial charge in [0.1, 0.15) is 18.5 Å². The molecule has 0 aromatic carbocycles. The molecule has 1 atom stereocenters. The molecule has 0 aromatic rings. The normalized spacial score (nSPS) is 12.6. The molecule has 0 aliphatic rings. The second-order valence-electron chi connectivity index (χ2n) is 4.07. The van der Waals surface area contributed by atoms with E-state index < -0.39 is 18.1 Å². The summed E-state index contributed by atoms with van der Waals surface area (Å²) < 4.78 is 4.65. The summed E-state index contributed by atoms with van der Waals surface area (Å²) in [4.78, 5) is 22.2. The minimum atomic E-state index is -1.12. The first kappa shape index (κ1) is 18.0. The van der Waals surface area contributed by atoms with Crippen LogP contribution in [0.5, 0.6) is 0 Å². The zero-order valence-corrected chi connectivity index (χ0v) is 11.5. The first-order valence-electron chi connectivity index (χ1n) is 6.30. The van der Waals surface area contributed by atoms with Crippen LogP contribution in [0.4, 0.5) is 4.79 Å². The summed E-state index contributed by atoms with van der Waals surface area (Å²) in [5.74, 6) is -0.723. The summed E-state index contributed by atoms with van der Waals surface area (Å²) in [6.07, 6.45) is 0.754. The van der Waals surface area contributed by atoms with Crippen LogP contribution in [0.15, 0.2) is 5.16 Å². The molecule has 0 unspecified atom stereocenters. The fourth-order valence-corrected chi connectivity index (χ4v) is 1.37. The van der Waals surface area contributed by atoms with Gasteiger partial charge in [-0.15, -0.1) is 0 Å². The van der Waals surface area contributed by atoms with E-state index in [9.17, 15) is 9.59 Å². The average molecular weight is 290 g/mol. The number of amidine groups is 1. The number of carboxylic acids is 1. The van der Waals surface area contributed by atoms with Gasteiger partial charge in [-0.3, -0.25) is 0 Å². The summed E-state index contributed by atoms with van der Waals surface area (Å²) in [5.41, 5.74) is 5.16. The van der Waals surface area contributed by atoms with Crippen molar-refractivity contribution in [2.45, 2.75) is 32.2 Å². The number of carbonyl (C=O) groups is 2. The van der Waals surface area contributed by atoms with Crippen LogP contribution >= 0.6 is 0 Å². The average Bonchev–Trinajstić information content (AvgIpc) is 2.42. The third-order valence-corrected chi connectivity index (χ3v) is 2.39. The molecule has 0 aliphatic carbocycles. The van der Waals surface area contributed by atoms with Crippen molar-refractivity contribution in [3.63, 3.8) is 0 Å². The van der Waals surface area contributed by atoms with E-state index in [1.165, 1.54) is 0 Å². The number of alkyl carbamates (subject to hydrolysis) is 1. The van der Waals surface area contributed by atoms with Crippen LogP contribution in [-0.2, 0) is 9.53 Å². The molecule has 0 bridgehead atoms. The predicted octanol–water partition coefficient (Wildman–Crippen LogP) is -0.308. The highest BCUT2D eigenvalue weighted by Gasteiger charge is 2.19. The molecule has 0 radical (unpaired) electrons. The van der Waals surface area contributed by atoms with Crippen LogP contribution in [-0.4, -0.2) is 54.0 Å². The van der Waals surface area contributed by atoms with Crippen LogP contribution in [0.25, 0.3) is 0 Å². The van der Waals surface area contributed by atoms with Crippen molar-refractivity contribution in [2.24, 2.45) is 10.9 Å². The van der Waals surface area contributed by atoms with E-state index in [2.05, 4.69) is 20.5 Å². The van der Waals surface area contributed by atoms with E-state index in [1.54, 1.807) is 6.92 Å². The van der Waals surface area contributed by atoms with Gasteiger partial charge in [0.05, 0.1) is 0 Å². The van der Waals surface area contributed by atoms with Gasteiger partial charge in [0.15, 0.2) is 0 Å². The Balaban J connectivity index is 3.92. The number of hydrogen-bond acceptors (Lipinski definition) is 6. The summed E-state index contributed by atoms with van der Waals surface area (Å²) >= 11 is 0. The molecule has 0 heterocycles. The number of rotatable bonds is 9. The van der Waals surface area contributed by atoms with Crippen molar-refractivity contribution in [3.05, 3.63) is 0 Å². The van der Waals surface area contributed by atoms with Crippen molar-refractivity contribution in [3.8, 4) is 0 Å². The second kappa shape index (κ2) is 10.9. The van der Waals surface area contributed by atoms with Gasteiger partial charge in [0, 0.05) is 13.1 Å². The number of amides is 1. The maximum Gasteiger partial charge on any atom is 0.407 e. The quantitative estimate of drug-likeness (QED) is 0.129. The monoisotopic (exact) mass is 290 g/mol. The number of hydrogen-bond donors (Lipinski definition) is 5. The Morgan fingerprint density at radius 2 is 2.10 bits per heavy atom. The number of nitrogens with one attached hydrogen (secondary N) is 2. The van der Waals surface area contributed by atoms with Gasteiger partial charge in [0.2, 0.25) is 0 Å². The van der Waals surface area contributed by atoms with Crippen LogP contribution < -0.4 is 16.4 Å². The third kappa shape index (κ3) is 8.97. The molecule has 116 valence electrons. The van der Waals surface area contributed by atoms with E-state index in [0.717, 1.165) is 0 Å². The van der Waals surface area contributed by atoms with Crippen molar-refractivity contribution in [2.75, 3.05) is 19.7 Å². The van der Waals surface area contributed by atoms with E-state index in [4.69, 9.17) is 16.0 Å². The number of unbranched alkanes of at least 4 members (excludes halogenated alkanes) is 1. The number of aliphatic carboxylic acids is 1. The molecule has 0 saturated heterocycles. The fourth-order valence-electron chi connectivity index (χ4n) is 1.37. The summed E-state index contributed by atoms with van der Waals surface area (Å²) in [6.45, 7) is 2.39. The predicted molar refractivity (Wildman–Crippen MR) is 71.7 cm³/mol. The summed E-state index contributed by atoms with van der Waals surface area (Å²) in [5, 5.41) is 25.4. The van der Waals surface area contributed by atoms with Crippen molar-refractivity contribution >= 4 is 17.9 Å². The number of ether oxygens (including phenoxy) is 1. The molecule has 20 heavy (non-hydrogen) atoms. The van der Waals surface area contributed by atoms with Gasteiger partial charge in [-0.05, 0) is 26.2 Å². The minimum Gasteiger partial charge on any atom is -0.480 e. The Bertz CT molecular complexity index is 335. The lowest BCUT2D eigenvalue weighted by Crippen LogP contribution is -2.41. The van der Waals surface area contributed by atoms with E-state index >= 15 is 0 Å². The molecular weight excluding hydrogens is 268 g/mol. The molecular formula is C11H22N4O5. The summed E-state index contributed by atoms with van der Waals surface area (Å²) in [6, 6.07) is -0.993. The van der Waals surface area contributed by atoms with Crippen molar-refractivity contribution in [1.82, 2.24) is 10.6 Å². The van der Waals surface area contributed by atoms with Gasteiger partial charge in [-0.2, -0.15) is 0 Å². The van der Waals surface area contributed by atoms with Gasteiger partial charge >= 0.3 is 12.1 Å². The molecule has 9 nitrogen and oxygen atoms in total. The highest BCUT2D eigenvalue weighted by molar-refractivity contribution is 5.80. The minimum absolute atomic E-state index is 0.0435. The Morgan fingerprint density at radius 3 is 2.65 bits per heavy atom. The molecule has 1 amide bonds. The SMILES string of the molecule is CC(=NO)NCCCC[C@H](NC(=O)OCCN)C(=O)O. The number of carboxylic acid groups (broad SMARTS) is 1. The topological polar surface area (TPSA) is 146 Å². The first-order chi connectivity index (χ1) is 9.51. The maximum absolute atomic E-state index is 11.2. The molecule has 6 N–H and O–H groups in total. The van der Waals surface area contributed by atoms with Crippen LogP contribution in [0.3, 0.4) is 0 Å². The van der Waals surface area contributed by atoms with Crippen LogP contribution in [0.1, 0.15) is 26.2 Å². The van der Waals surface area contributed by atoms with Gasteiger partial charge in [-0.1, -0.05) is 5.16 Å². The molecule has 0 aliphatic heterocycles. The number of oxime groups is 1. The Kier molecular flexibility index (Phi) is 9.75. The maximum atomic E-state index is 11.2. The van der Waals surface area contributed by atoms with Crippen LogP contribution in [0.2, 0.25) is 0 Å². The number of carbonyl (C=O) groups excluding carboxylic acids is 1. The molecule has 0 fully saturated rings. The zero-order chi connectivity index (χ0) is 15.4. The molecule has 9 heteroatoms. The highest BCUT2D eigenvalue weighted by Crippen LogP contribution is 2.01. The number of nitrogens with two attached hydrogens (primary N) is 1. The Morgan fingerprint density at radius 1 is 1.40 bits per heavy atom. The molecule has 0 aromatic heterocycles. The second-order valence-corrected chi connectivity index (χ2v) is 4.07. The van der Waals surface area contributed by atoms with E-state index in [0.29, 0.717) is 25.2 Å². The fraction of sp³-hybridized carbons (Fsp3) is 0.727. The largest absolute Gasteiger partial charge is 0.480 e. The van der Waals surface area contributed by atoms with Gasteiger partial charge < -0.3 is 31.4 Å². The lowest BCUT2D eigenvalue weighted by molar-refractivity contribution is -0.139. The summed E-state index contributed by atoms with van der Waals surface area (Å²) in [7, 11) is 0. The van der Waals surface area contributed by atoms with Crippen LogP contribution in [0, 0.1) is 0 Å².